The van der Waals surface area contributed by atoms with Gasteiger partial charge < -0.3 is 9.32 Å². The topological polar surface area (TPSA) is 33.5 Å². The molecule has 0 radical (unpaired) electrons. The molecule has 3 rings (SSSR count). The minimum absolute atomic E-state index is 0.162. The van der Waals surface area contributed by atoms with Crippen LogP contribution in [0, 0.1) is 6.92 Å². The van der Waals surface area contributed by atoms with Gasteiger partial charge in [0.25, 0.3) is 0 Å². The van der Waals surface area contributed by atoms with Crippen LogP contribution in [0.2, 0.25) is 0 Å². The number of nitrogens with zero attached hydrogens (tertiary/aromatic N) is 1. The van der Waals surface area contributed by atoms with E-state index in [9.17, 15) is 4.79 Å². The molecule has 104 valence electrons. The van der Waals surface area contributed by atoms with Crippen LogP contribution in [0.5, 0.6) is 0 Å². The van der Waals surface area contributed by atoms with Gasteiger partial charge in [0, 0.05) is 19.2 Å². The maximum Gasteiger partial charge on any atom is 0.227 e. The monoisotopic (exact) mass is 289 g/mol. The number of alkyl halides is 1. The fraction of sp³-hybridized carbons (Fsp3) is 0.312. The normalized spacial score (nSPS) is 16.1. The molecule has 0 N–H and O–H groups in total. The van der Waals surface area contributed by atoms with Crippen LogP contribution in [-0.4, -0.2) is 13.0 Å². The Morgan fingerprint density at radius 1 is 1.30 bits per heavy atom. The average molecular weight is 290 g/mol. The van der Waals surface area contributed by atoms with E-state index >= 15 is 0 Å². The zero-order valence-corrected chi connectivity index (χ0v) is 12.3. The molecule has 0 saturated heterocycles. The molecule has 0 aliphatic carbocycles. The second-order valence-electron chi connectivity index (χ2n) is 5.17. The number of anilines is 1. The Bertz CT molecular complexity index is 662. The summed E-state index contributed by atoms with van der Waals surface area (Å²) in [5.74, 6) is 0.946. The molecule has 1 amide bonds. The van der Waals surface area contributed by atoms with Crippen LogP contribution in [0.25, 0.3) is 0 Å². The number of hydrogen-bond donors (Lipinski definition) is 0. The van der Waals surface area contributed by atoms with Gasteiger partial charge in [-0.1, -0.05) is 12.1 Å². The highest BCUT2D eigenvalue weighted by molar-refractivity contribution is 6.22. The van der Waals surface area contributed by atoms with Crippen LogP contribution in [-0.2, 0) is 11.2 Å². The predicted octanol–water partition coefficient (Wildman–Crippen LogP) is 3.83. The number of amides is 1. The molecule has 0 saturated carbocycles. The standard InChI is InChI=1S/C16H16ClNO2/c1-10-7-8-20-16(10)15(17)12-3-5-13-11(9-12)4-6-14(19)18(13)2/h3,5,7-9,15H,4,6H2,1-2H3. The van der Waals surface area contributed by atoms with Crippen molar-refractivity contribution in [2.24, 2.45) is 0 Å². The first-order valence-corrected chi connectivity index (χ1v) is 7.09. The summed E-state index contributed by atoms with van der Waals surface area (Å²) in [6, 6.07) is 7.93. The van der Waals surface area contributed by atoms with Crippen molar-refractivity contribution in [1.82, 2.24) is 0 Å². The largest absolute Gasteiger partial charge is 0.467 e. The Balaban J connectivity index is 1.97. The molecule has 0 fully saturated rings. The summed E-state index contributed by atoms with van der Waals surface area (Å²) in [4.78, 5) is 13.4. The molecule has 1 aliphatic rings. The van der Waals surface area contributed by atoms with Gasteiger partial charge in [0.15, 0.2) is 0 Å². The first-order chi connectivity index (χ1) is 9.58. The van der Waals surface area contributed by atoms with Crippen molar-refractivity contribution in [3.8, 4) is 0 Å². The number of carbonyl (C=O) groups excluding carboxylic acids is 1. The smallest absolute Gasteiger partial charge is 0.227 e. The van der Waals surface area contributed by atoms with Crippen LogP contribution < -0.4 is 4.90 Å². The van der Waals surface area contributed by atoms with Gasteiger partial charge in [-0.3, -0.25) is 4.79 Å². The summed E-state index contributed by atoms with van der Waals surface area (Å²) >= 11 is 6.51. The Hall–Kier alpha value is -1.74. The number of halogens is 1. The molecule has 1 unspecified atom stereocenters. The molecular formula is C16H16ClNO2. The lowest BCUT2D eigenvalue weighted by Gasteiger charge is -2.26. The van der Waals surface area contributed by atoms with E-state index in [-0.39, 0.29) is 11.3 Å². The quantitative estimate of drug-likeness (QED) is 0.787. The number of carbonyl (C=O) groups is 1. The zero-order chi connectivity index (χ0) is 14.3. The first kappa shape index (κ1) is 13.3. The first-order valence-electron chi connectivity index (χ1n) is 6.65. The lowest BCUT2D eigenvalue weighted by molar-refractivity contribution is -0.118. The van der Waals surface area contributed by atoms with Crippen molar-refractivity contribution in [2.45, 2.75) is 25.1 Å². The van der Waals surface area contributed by atoms with Crippen LogP contribution in [0.4, 0.5) is 5.69 Å². The number of furan rings is 1. The van der Waals surface area contributed by atoms with Gasteiger partial charge in [-0.15, -0.1) is 11.6 Å². The van der Waals surface area contributed by atoms with Gasteiger partial charge in [-0.25, -0.2) is 0 Å². The third-order valence-electron chi connectivity index (χ3n) is 3.87. The van der Waals surface area contributed by atoms with Crippen molar-refractivity contribution >= 4 is 23.2 Å². The zero-order valence-electron chi connectivity index (χ0n) is 11.5. The highest BCUT2D eigenvalue weighted by Gasteiger charge is 2.23. The second-order valence-corrected chi connectivity index (χ2v) is 5.61. The van der Waals surface area contributed by atoms with Gasteiger partial charge >= 0.3 is 0 Å². The number of benzene rings is 1. The lowest BCUT2D eigenvalue weighted by atomic mass is 9.97. The maximum atomic E-state index is 11.7. The fourth-order valence-corrected chi connectivity index (χ4v) is 2.99. The van der Waals surface area contributed by atoms with E-state index in [0.29, 0.717) is 6.42 Å². The highest BCUT2D eigenvalue weighted by atomic mass is 35.5. The molecule has 3 nitrogen and oxygen atoms in total. The van der Waals surface area contributed by atoms with Gasteiger partial charge in [0.05, 0.1) is 6.26 Å². The molecule has 1 aromatic heterocycles. The van der Waals surface area contributed by atoms with E-state index in [1.165, 1.54) is 5.56 Å². The van der Waals surface area contributed by atoms with Crippen molar-refractivity contribution < 1.29 is 9.21 Å². The molecule has 0 bridgehead atoms. The number of rotatable bonds is 2. The van der Waals surface area contributed by atoms with Crippen molar-refractivity contribution in [3.63, 3.8) is 0 Å². The van der Waals surface area contributed by atoms with E-state index in [4.69, 9.17) is 16.0 Å². The summed E-state index contributed by atoms with van der Waals surface area (Å²) < 4.78 is 5.47. The SMILES string of the molecule is Cc1ccoc1C(Cl)c1ccc2c(c1)CCC(=O)N2C. The number of aryl methyl sites for hydroxylation is 2. The van der Waals surface area contributed by atoms with E-state index < -0.39 is 0 Å². The van der Waals surface area contributed by atoms with E-state index in [1.54, 1.807) is 11.2 Å². The lowest BCUT2D eigenvalue weighted by Crippen LogP contribution is -2.31. The minimum atomic E-state index is -0.293. The van der Waals surface area contributed by atoms with Crippen LogP contribution in [0.1, 0.15) is 34.2 Å². The highest BCUT2D eigenvalue weighted by Crippen LogP contribution is 2.35. The number of fused-ring (bicyclic) bond motifs is 1. The van der Waals surface area contributed by atoms with Gasteiger partial charge in [-0.05, 0) is 42.2 Å². The molecule has 1 atom stereocenters. The average Bonchev–Trinajstić information content (AvgIpc) is 2.88. The Kier molecular flexibility index (Phi) is 3.30. The summed E-state index contributed by atoms with van der Waals surface area (Å²) in [6.45, 7) is 1.99. The van der Waals surface area contributed by atoms with Crippen LogP contribution >= 0.6 is 11.6 Å². The Labute approximate surface area is 123 Å². The molecule has 4 heteroatoms. The molecule has 20 heavy (non-hydrogen) atoms. The van der Waals surface area contributed by atoms with Gasteiger partial charge in [-0.2, -0.15) is 0 Å². The van der Waals surface area contributed by atoms with E-state index in [1.807, 2.05) is 32.2 Å². The predicted molar refractivity (Wildman–Crippen MR) is 79.3 cm³/mol. The van der Waals surface area contributed by atoms with Crippen LogP contribution in [0.3, 0.4) is 0 Å². The van der Waals surface area contributed by atoms with Crippen molar-refractivity contribution in [1.29, 1.82) is 0 Å². The summed E-state index contributed by atoms with van der Waals surface area (Å²) in [5, 5.41) is -0.293. The Morgan fingerprint density at radius 3 is 2.80 bits per heavy atom. The molecular weight excluding hydrogens is 274 g/mol. The van der Waals surface area contributed by atoms with Gasteiger partial charge in [0.2, 0.25) is 5.91 Å². The number of hydrogen-bond acceptors (Lipinski definition) is 2. The van der Waals surface area contributed by atoms with Gasteiger partial charge in [0.1, 0.15) is 11.1 Å². The van der Waals surface area contributed by atoms with Crippen molar-refractivity contribution in [2.75, 3.05) is 11.9 Å². The fourth-order valence-electron chi connectivity index (χ4n) is 2.63. The molecule has 1 aliphatic heterocycles. The molecule has 1 aromatic carbocycles. The molecule has 2 aromatic rings. The second kappa shape index (κ2) is 4.98. The Morgan fingerprint density at radius 2 is 2.10 bits per heavy atom. The van der Waals surface area contributed by atoms with E-state index in [2.05, 4.69) is 6.07 Å². The minimum Gasteiger partial charge on any atom is -0.467 e. The summed E-state index contributed by atoms with van der Waals surface area (Å²) in [7, 11) is 1.81. The summed E-state index contributed by atoms with van der Waals surface area (Å²) in [6.07, 6.45) is 2.98. The van der Waals surface area contributed by atoms with E-state index in [0.717, 1.165) is 29.0 Å². The van der Waals surface area contributed by atoms with Crippen LogP contribution in [0.15, 0.2) is 34.9 Å². The third-order valence-corrected chi connectivity index (χ3v) is 4.32. The maximum absolute atomic E-state index is 11.7. The molecule has 2 heterocycles. The third kappa shape index (κ3) is 2.12. The summed E-state index contributed by atoms with van der Waals surface area (Å²) in [5.41, 5.74) is 4.20. The van der Waals surface area contributed by atoms with Crippen molar-refractivity contribution in [3.05, 3.63) is 53.0 Å². The molecule has 0 spiro atoms.